The van der Waals surface area contributed by atoms with E-state index >= 15 is 0 Å². The Labute approximate surface area is 127 Å². The average molecular weight is 312 g/mol. The normalized spacial score (nSPS) is 13.0. The Morgan fingerprint density at radius 3 is 2.29 bits per heavy atom. The molecule has 1 amide bonds. The zero-order valence-electron chi connectivity index (χ0n) is 12.9. The summed E-state index contributed by atoms with van der Waals surface area (Å²) in [5.74, 6) is 0.103. The van der Waals surface area contributed by atoms with Gasteiger partial charge in [0.1, 0.15) is 0 Å². The molecule has 0 fully saturated rings. The van der Waals surface area contributed by atoms with E-state index in [1.54, 1.807) is 24.1 Å². The quantitative estimate of drug-likeness (QED) is 0.785. The summed E-state index contributed by atoms with van der Waals surface area (Å²) in [4.78, 5) is 13.8. The molecule has 118 valence electrons. The minimum atomic E-state index is -3.68. The fourth-order valence-corrected chi connectivity index (χ4v) is 2.59. The van der Waals surface area contributed by atoms with Gasteiger partial charge in [-0.3, -0.25) is 4.79 Å². The van der Waals surface area contributed by atoms with Crippen LogP contribution in [0, 0.1) is 0 Å². The summed E-state index contributed by atoms with van der Waals surface area (Å²) in [5.41, 5.74) is 0.883. The van der Waals surface area contributed by atoms with Crippen LogP contribution in [0.25, 0.3) is 0 Å². The monoisotopic (exact) mass is 312 g/mol. The van der Waals surface area contributed by atoms with Gasteiger partial charge in [-0.1, -0.05) is 31.9 Å². The van der Waals surface area contributed by atoms with E-state index in [9.17, 15) is 13.2 Å². The predicted molar refractivity (Wildman–Crippen MR) is 83.1 cm³/mol. The van der Waals surface area contributed by atoms with Gasteiger partial charge in [0, 0.05) is 13.5 Å². The lowest BCUT2D eigenvalue weighted by molar-refractivity contribution is -0.131. The predicted octanol–water partition coefficient (Wildman–Crippen LogP) is 2.43. The van der Waals surface area contributed by atoms with E-state index in [1.165, 1.54) is 12.1 Å². The number of carbonyl (C=O) groups is 1. The second kappa shape index (κ2) is 7.56. The molecule has 1 atom stereocenters. The van der Waals surface area contributed by atoms with E-state index in [1.807, 2.05) is 6.92 Å². The summed E-state index contributed by atoms with van der Waals surface area (Å²) >= 11 is 0. The van der Waals surface area contributed by atoms with Gasteiger partial charge < -0.3 is 4.90 Å². The zero-order chi connectivity index (χ0) is 16.0. The zero-order valence-corrected chi connectivity index (χ0v) is 13.7. The summed E-state index contributed by atoms with van der Waals surface area (Å²) in [6.45, 7) is 4.02. The van der Waals surface area contributed by atoms with Crippen molar-refractivity contribution in [3.8, 4) is 0 Å². The fourth-order valence-electron chi connectivity index (χ4n) is 2.08. The van der Waals surface area contributed by atoms with Crippen molar-refractivity contribution in [3.05, 3.63) is 29.8 Å². The number of nitrogens with two attached hydrogens (primary N) is 1. The molecule has 5 nitrogen and oxygen atoms in total. The van der Waals surface area contributed by atoms with Gasteiger partial charge in [0.15, 0.2) is 0 Å². The molecule has 1 rings (SSSR count). The molecule has 0 aliphatic rings. The first-order chi connectivity index (χ1) is 9.77. The molecule has 0 aliphatic carbocycles. The first-order valence-corrected chi connectivity index (χ1v) is 8.70. The highest BCUT2D eigenvalue weighted by Crippen LogP contribution is 2.21. The standard InChI is InChI=1S/C15H24N2O3S/c1-4-5-6-7-15(18)17(3)12(2)13-8-10-14(11-9-13)21(16,19)20/h8-12H,4-7H2,1-3H3,(H2,16,19,20). The maximum absolute atomic E-state index is 12.1. The lowest BCUT2D eigenvalue weighted by atomic mass is 10.1. The molecule has 0 spiro atoms. The van der Waals surface area contributed by atoms with Crippen LogP contribution in [0.5, 0.6) is 0 Å². The highest BCUT2D eigenvalue weighted by Gasteiger charge is 2.17. The van der Waals surface area contributed by atoms with Crippen molar-refractivity contribution >= 4 is 15.9 Å². The van der Waals surface area contributed by atoms with Gasteiger partial charge in [0.2, 0.25) is 15.9 Å². The molecular formula is C15H24N2O3S. The van der Waals surface area contributed by atoms with Gasteiger partial charge >= 0.3 is 0 Å². The third-order valence-corrected chi connectivity index (χ3v) is 4.59. The highest BCUT2D eigenvalue weighted by atomic mass is 32.2. The van der Waals surface area contributed by atoms with Crippen molar-refractivity contribution in [1.29, 1.82) is 0 Å². The summed E-state index contributed by atoms with van der Waals surface area (Å²) in [6.07, 6.45) is 3.58. The van der Waals surface area contributed by atoms with Crippen LogP contribution in [0.15, 0.2) is 29.2 Å². The van der Waals surface area contributed by atoms with Crippen LogP contribution in [0.4, 0.5) is 0 Å². The molecular weight excluding hydrogens is 288 g/mol. The third-order valence-electron chi connectivity index (χ3n) is 3.66. The number of nitrogens with zero attached hydrogens (tertiary/aromatic N) is 1. The summed E-state index contributed by atoms with van der Waals surface area (Å²) in [5, 5.41) is 5.07. The number of sulfonamides is 1. The minimum absolute atomic E-state index is 0.0791. The van der Waals surface area contributed by atoms with Crippen LogP contribution in [0.3, 0.4) is 0 Å². The molecule has 0 saturated heterocycles. The van der Waals surface area contributed by atoms with E-state index < -0.39 is 10.0 Å². The number of amides is 1. The lowest BCUT2D eigenvalue weighted by Crippen LogP contribution is -2.29. The summed E-state index contributed by atoms with van der Waals surface area (Å²) < 4.78 is 22.4. The molecule has 0 heterocycles. The molecule has 0 aromatic heterocycles. The molecule has 2 N–H and O–H groups in total. The number of hydrogen-bond acceptors (Lipinski definition) is 3. The van der Waals surface area contributed by atoms with E-state index in [0.717, 1.165) is 24.8 Å². The van der Waals surface area contributed by atoms with Gasteiger partial charge in [0.05, 0.1) is 10.9 Å². The molecule has 0 radical (unpaired) electrons. The second-order valence-electron chi connectivity index (χ2n) is 5.25. The summed E-state index contributed by atoms with van der Waals surface area (Å²) in [6, 6.07) is 6.22. The van der Waals surface area contributed by atoms with Crippen molar-refractivity contribution in [3.63, 3.8) is 0 Å². The number of unbranched alkanes of at least 4 members (excludes halogenated alkanes) is 2. The van der Waals surface area contributed by atoms with Crippen LogP contribution in [-0.4, -0.2) is 26.3 Å². The maximum atomic E-state index is 12.1. The average Bonchev–Trinajstić information content (AvgIpc) is 2.45. The number of hydrogen-bond donors (Lipinski definition) is 1. The van der Waals surface area contributed by atoms with Gasteiger partial charge in [-0.15, -0.1) is 0 Å². The van der Waals surface area contributed by atoms with Gasteiger partial charge in [0.25, 0.3) is 0 Å². The summed E-state index contributed by atoms with van der Waals surface area (Å²) in [7, 11) is -1.91. The Bertz CT molecular complexity index is 567. The van der Waals surface area contributed by atoms with E-state index in [-0.39, 0.29) is 16.8 Å². The lowest BCUT2D eigenvalue weighted by Gasteiger charge is -2.25. The maximum Gasteiger partial charge on any atom is 0.238 e. The Morgan fingerprint density at radius 2 is 1.81 bits per heavy atom. The van der Waals surface area contributed by atoms with Crippen molar-refractivity contribution < 1.29 is 13.2 Å². The largest absolute Gasteiger partial charge is 0.339 e. The van der Waals surface area contributed by atoms with Crippen molar-refractivity contribution in [1.82, 2.24) is 4.90 Å². The number of benzene rings is 1. The second-order valence-corrected chi connectivity index (χ2v) is 6.81. The van der Waals surface area contributed by atoms with E-state index in [0.29, 0.717) is 6.42 Å². The third kappa shape index (κ3) is 5.13. The van der Waals surface area contributed by atoms with E-state index in [4.69, 9.17) is 5.14 Å². The Morgan fingerprint density at radius 1 is 1.24 bits per heavy atom. The van der Waals surface area contributed by atoms with Crippen LogP contribution >= 0.6 is 0 Å². The van der Waals surface area contributed by atoms with Crippen LogP contribution in [0.1, 0.15) is 51.1 Å². The Hall–Kier alpha value is -1.40. The first kappa shape index (κ1) is 17.7. The van der Waals surface area contributed by atoms with E-state index in [2.05, 4.69) is 6.92 Å². The Balaban J connectivity index is 2.74. The van der Waals surface area contributed by atoms with Gasteiger partial charge in [-0.05, 0) is 31.0 Å². The SMILES string of the molecule is CCCCCC(=O)N(C)C(C)c1ccc(S(N)(=O)=O)cc1. The molecule has 1 aromatic carbocycles. The van der Waals surface area contributed by atoms with Crippen LogP contribution in [-0.2, 0) is 14.8 Å². The van der Waals surface area contributed by atoms with Gasteiger partial charge in [-0.25, -0.2) is 13.6 Å². The smallest absolute Gasteiger partial charge is 0.238 e. The molecule has 21 heavy (non-hydrogen) atoms. The van der Waals surface area contributed by atoms with Crippen LogP contribution in [0.2, 0.25) is 0 Å². The molecule has 0 saturated carbocycles. The van der Waals surface area contributed by atoms with Crippen molar-refractivity contribution in [2.24, 2.45) is 5.14 Å². The Kier molecular flexibility index (Phi) is 6.36. The van der Waals surface area contributed by atoms with Gasteiger partial charge in [-0.2, -0.15) is 0 Å². The molecule has 1 unspecified atom stereocenters. The van der Waals surface area contributed by atoms with Crippen molar-refractivity contribution in [2.75, 3.05) is 7.05 Å². The highest BCUT2D eigenvalue weighted by molar-refractivity contribution is 7.89. The number of rotatable bonds is 7. The molecule has 6 heteroatoms. The minimum Gasteiger partial charge on any atom is -0.339 e. The molecule has 1 aromatic rings. The van der Waals surface area contributed by atoms with Crippen LogP contribution < -0.4 is 5.14 Å². The fraction of sp³-hybridized carbons (Fsp3) is 0.533. The number of primary sulfonamides is 1. The first-order valence-electron chi connectivity index (χ1n) is 7.15. The molecule has 0 aliphatic heterocycles. The topological polar surface area (TPSA) is 80.5 Å². The number of carbonyl (C=O) groups excluding carboxylic acids is 1. The van der Waals surface area contributed by atoms with Crippen molar-refractivity contribution in [2.45, 2.75) is 50.5 Å². The molecule has 0 bridgehead atoms.